The van der Waals surface area contributed by atoms with Crippen molar-refractivity contribution in [1.82, 2.24) is 0 Å². The fourth-order valence-corrected chi connectivity index (χ4v) is 1.98. The van der Waals surface area contributed by atoms with Crippen LogP contribution in [0.1, 0.15) is 19.4 Å². The van der Waals surface area contributed by atoms with Gasteiger partial charge in [-0.2, -0.15) is 0 Å². The predicted octanol–water partition coefficient (Wildman–Crippen LogP) is 2.96. The Morgan fingerprint density at radius 3 is 2.92 bits per heavy atom. The molecule has 0 N–H and O–H groups in total. The third-order valence-electron chi connectivity index (χ3n) is 2.26. The Labute approximate surface area is 86.3 Å². The van der Waals surface area contributed by atoms with Crippen LogP contribution in [0.4, 0.5) is 0 Å². The Hall–Kier alpha value is -0.250. The molecule has 2 heteroatoms. The highest BCUT2D eigenvalue weighted by atomic mass is 127. The summed E-state index contributed by atoms with van der Waals surface area (Å²) in [5.41, 5.74) is 1.53. The first-order chi connectivity index (χ1) is 5.59. The van der Waals surface area contributed by atoms with Crippen LogP contribution in [-0.4, -0.2) is 6.61 Å². The van der Waals surface area contributed by atoms with E-state index in [1.165, 1.54) is 9.13 Å². The van der Waals surface area contributed by atoms with Gasteiger partial charge in [-0.15, -0.1) is 0 Å². The van der Waals surface area contributed by atoms with Crippen LogP contribution < -0.4 is 4.74 Å². The Morgan fingerprint density at radius 1 is 1.42 bits per heavy atom. The highest BCUT2D eigenvalue weighted by Crippen LogP contribution is 2.38. The van der Waals surface area contributed by atoms with E-state index in [1.54, 1.807) is 0 Å². The van der Waals surface area contributed by atoms with Crippen LogP contribution in [0, 0.1) is 3.57 Å². The maximum Gasteiger partial charge on any atom is 0.123 e. The molecular formula is C10H11IO. The molecule has 0 saturated heterocycles. The summed E-state index contributed by atoms with van der Waals surface area (Å²) >= 11 is 2.33. The van der Waals surface area contributed by atoms with Crippen molar-refractivity contribution in [2.45, 2.75) is 19.3 Å². The van der Waals surface area contributed by atoms with Crippen molar-refractivity contribution >= 4 is 22.6 Å². The van der Waals surface area contributed by atoms with Crippen molar-refractivity contribution in [3.63, 3.8) is 0 Å². The lowest BCUT2D eigenvalue weighted by Crippen LogP contribution is -2.18. The number of hydrogen-bond donors (Lipinski definition) is 0. The van der Waals surface area contributed by atoms with Crippen molar-refractivity contribution in [2.75, 3.05) is 6.61 Å². The number of halogens is 1. The molecule has 1 aromatic carbocycles. The van der Waals surface area contributed by atoms with Gasteiger partial charge in [-0.05, 0) is 40.8 Å². The van der Waals surface area contributed by atoms with E-state index >= 15 is 0 Å². The molecule has 0 amide bonds. The van der Waals surface area contributed by atoms with Gasteiger partial charge >= 0.3 is 0 Å². The second kappa shape index (κ2) is 2.62. The van der Waals surface area contributed by atoms with E-state index in [4.69, 9.17) is 4.74 Å². The van der Waals surface area contributed by atoms with Crippen LogP contribution in [0.5, 0.6) is 5.75 Å². The molecule has 0 aromatic heterocycles. The molecule has 64 valence electrons. The van der Waals surface area contributed by atoms with E-state index in [1.807, 2.05) is 0 Å². The summed E-state index contributed by atoms with van der Waals surface area (Å²) < 4.78 is 6.85. The number of rotatable bonds is 0. The first kappa shape index (κ1) is 8.35. The Morgan fingerprint density at radius 2 is 2.17 bits per heavy atom. The molecule has 0 saturated carbocycles. The van der Waals surface area contributed by atoms with Crippen molar-refractivity contribution in [3.8, 4) is 5.75 Å². The Balaban J connectivity index is 2.57. The third kappa shape index (κ3) is 1.22. The minimum Gasteiger partial charge on any atom is -0.492 e. The average molecular weight is 274 g/mol. The Kier molecular flexibility index (Phi) is 1.82. The average Bonchev–Trinajstić information content (AvgIpc) is 2.28. The van der Waals surface area contributed by atoms with Crippen LogP contribution in [0.25, 0.3) is 0 Å². The van der Waals surface area contributed by atoms with Crippen molar-refractivity contribution in [2.24, 2.45) is 0 Å². The zero-order valence-corrected chi connectivity index (χ0v) is 9.38. The molecule has 1 aliphatic rings. The maximum absolute atomic E-state index is 5.57. The normalized spacial score (nSPS) is 18.6. The number of fused-ring (bicyclic) bond motifs is 1. The summed E-state index contributed by atoms with van der Waals surface area (Å²) in [6.45, 7) is 5.24. The monoisotopic (exact) mass is 274 g/mol. The molecule has 1 aliphatic heterocycles. The first-order valence-corrected chi connectivity index (χ1v) is 5.10. The summed E-state index contributed by atoms with van der Waals surface area (Å²) in [5.74, 6) is 1.06. The van der Waals surface area contributed by atoms with E-state index in [-0.39, 0.29) is 5.41 Å². The van der Waals surface area contributed by atoms with Gasteiger partial charge in [-0.3, -0.25) is 0 Å². The molecule has 1 heterocycles. The number of benzene rings is 1. The lowest BCUT2D eigenvalue weighted by atomic mass is 9.87. The summed E-state index contributed by atoms with van der Waals surface area (Å²) in [4.78, 5) is 0. The topological polar surface area (TPSA) is 9.23 Å². The van der Waals surface area contributed by atoms with Gasteiger partial charge < -0.3 is 4.74 Å². The molecule has 0 spiro atoms. The third-order valence-corrected chi connectivity index (χ3v) is 2.93. The second-order valence-electron chi connectivity index (χ2n) is 3.81. The van der Waals surface area contributed by atoms with Gasteiger partial charge in [0.2, 0.25) is 0 Å². The minimum atomic E-state index is 0.191. The highest BCUT2D eigenvalue weighted by molar-refractivity contribution is 14.1. The molecule has 0 fully saturated rings. The van der Waals surface area contributed by atoms with Gasteiger partial charge in [0.05, 0.1) is 6.61 Å². The summed E-state index contributed by atoms with van der Waals surface area (Å²) in [6, 6.07) is 6.36. The second-order valence-corrected chi connectivity index (χ2v) is 5.06. The van der Waals surface area contributed by atoms with Crippen LogP contribution in [0.2, 0.25) is 0 Å². The van der Waals surface area contributed by atoms with E-state index in [9.17, 15) is 0 Å². The SMILES string of the molecule is CC1(C)COc2ccc(I)cc21. The number of hydrogen-bond acceptors (Lipinski definition) is 1. The molecule has 0 atom stereocenters. The van der Waals surface area contributed by atoms with Crippen molar-refractivity contribution in [3.05, 3.63) is 27.3 Å². The predicted molar refractivity (Wildman–Crippen MR) is 57.7 cm³/mol. The van der Waals surface area contributed by atoms with Crippen LogP contribution in [0.3, 0.4) is 0 Å². The molecule has 0 unspecified atom stereocenters. The fraction of sp³-hybridized carbons (Fsp3) is 0.400. The van der Waals surface area contributed by atoms with E-state index < -0.39 is 0 Å². The van der Waals surface area contributed by atoms with Crippen LogP contribution in [-0.2, 0) is 5.41 Å². The smallest absolute Gasteiger partial charge is 0.123 e. The van der Waals surface area contributed by atoms with Gasteiger partial charge in [-0.25, -0.2) is 0 Å². The molecule has 2 rings (SSSR count). The molecule has 0 radical (unpaired) electrons. The van der Waals surface area contributed by atoms with E-state index in [0.29, 0.717) is 0 Å². The maximum atomic E-state index is 5.57. The van der Waals surface area contributed by atoms with Crippen LogP contribution in [0.15, 0.2) is 18.2 Å². The van der Waals surface area contributed by atoms with Crippen molar-refractivity contribution in [1.29, 1.82) is 0 Å². The summed E-state index contributed by atoms with van der Waals surface area (Å²) in [6.07, 6.45) is 0. The lowest BCUT2D eigenvalue weighted by Gasteiger charge is -2.14. The summed E-state index contributed by atoms with van der Waals surface area (Å²) in [7, 11) is 0. The van der Waals surface area contributed by atoms with Crippen molar-refractivity contribution < 1.29 is 4.74 Å². The van der Waals surface area contributed by atoms with Gasteiger partial charge in [-0.1, -0.05) is 13.8 Å². The van der Waals surface area contributed by atoms with Gasteiger partial charge in [0.15, 0.2) is 0 Å². The van der Waals surface area contributed by atoms with Gasteiger partial charge in [0, 0.05) is 14.5 Å². The zero-order chi connectivity index (χ0) is 8.77. The molecule has 12 heavy (non-hydrogen) atoms. The van der Waals surface area contributed by atoms with Gasteiger partial charge in [0.25, 0.3) is 0 Å². The Bertz CT molecular complexity index is 318. The summed E-state index contributed by atoms with van der Waals surface area (Å²) in [5, 5.41) is 0. The lowest BCUT2D eigenvalue weighted by molar-refractivity contribution is 0.291. The first-order valence-electron chi connectivity index (χ1n) is 4.02. The molecule has 1 aromatic rings. The molecular weight excluding hydrogens is 263 g/mol. The van der Waals surface area contributed by atoms with Crippen LogP contribution >= 0.6 is 22.6 Å². The molecule has 0 bridgehead atoms. The molecule has 1 nitrogen and oxygen atoms in total. The molecule has 0 aliphatic carbocycles. The minimum absolute atomic E-state index is 0.191. The van der Waals surface area contributed by atoms with E-state index in [0.717, 1.165) is 12.4 Å². The quantitative estimate of drug-likeness (QED) is 0.661. The largest absolute Gasteiger partial charge is 0.492 e. The highest BCUT2D eigenvalue weighted by Gasteiger charge is 2.31. The fourth-order valence-electron chi connectivity index (χ4n) is 1.49. The standard InChI is InChI=1S/C10H11IO/c1-10(2)6-12-9-4-3-7(11)5-8(9)10/h3-5H,6H2,1-2H3. The van der Waals surface area contributed by atoms with Gasteiger partial charge in [0.1, 0.15) is 5.75 Å². The van der Waals surface area contributed by atoms with E-state index in [2.05, 4.69) is 54.6 Å². The number of ether oxygens (including phenoxy) is 1. The zero-order valence-electron chi connectivity index (χ0n) is 7.23.